The number of nitrogens with zero attached hydrogens (tertiary/aromatic N) is 1. The molecule has 0 aliphatic heterocycles. The van der Waals surface area contributed by atoms with Crippen LogP contribution in [0.5, 0.6) is 0 Å². The highest BCUT2D eigenvalue weighted by Crippen LogP contribution is 2.09. The average molecular weight is 451 g/mol. The summed E-state index contributed by atoms with van der Waals surface area (Å²) in [5, 5.41) is 6.58. The van der Waals surface area contributed by atoms with Crippen molar-refractivity contribution in [2.45, 2.75) is 39.7 Å². The Kier molecular flexibility index (Phi) is 12.9. The zero-order chi connectivity index (χ0) is 17.1. The molecule has 0 saturated carbocycles. The molecule has 0 fully saturated rings. The van der Waals surface area contributed by atoms with Crippen LogP contribution in [0.25, 0.3) is 0 Å². The number of rotatable bonds is 9. The minimum Gasteiger partial charge on any atom is -0.378 e. The van der Waals surface area contributed by atoms with Gasteiger partial charge in [0.1, 0.15) is 5.82 Å². The summed E-state index contributed by atoms with van der Waals surface area (Å²) in [5.41, 5.74) is 1.10. The second kappa shape index (κ2) is 13.4. The van der Waals surface area contributed by atoms with Crippen molar-refractivity contribution in [3.05, 3.63) is 35.6 Å². The molecule has 0 saturated heterocycles. The van der Waals surface area contributed by atoms with Gasteiger partial charge in [0.15, 0.2) is 5.96 Å². The van der Waals surface area contributed by atoms with E-state index in [1.165, 1.54) is 12.1 Å². The molecule has 2 N–H and O–H groups in total. The van der Waals surface area contributed by atoms with Crippen molar-refractivity contribution in [2.75, 3.05) is 26.7 Å². The lowest BCUT2D eigenvalue weighted by molar-refractivity contribution is 0.0258. The van der Waals surface area contributed by atoms with Gasteiger partial charge >= 0.3 is 0 Å². The number of benzene rings is 1. The van der Waals surface area contributed by atoms with Crippen LogP contribution in [0, 0.1) is 11.7 Å². The molecule has 0 bridgehead atoms. The van der Waals surface area contributed by atoms with Crippen LogP contribution in [-0.2, 0) is 11.2 Å². The molecule has 0 aliphatic carbocycles. The van der Waals surface area contributed by atoms with E-state index < -0.39 is 0 Å². The molecule has 0 spiro atoms. The van der Waals surface area contributed by atoms with Crippen LogP contribution in [0.4, 0.5) is 4.39 Å². The van der Waals surface area contributed by atoms with Crippen LogP contribution in [-0.4, -0.2) is 38.8 Å². The van der Waals surface area contributed by atoms with Gasteiger partial charge in [-0.05, 0) is 43.4 Å². The number of aliphatic imine (C=N–C) groups is 1. The third kappa shape index (κ3) is 9.42. The Morgan fingerprint density at radius 3 is 2.33 bits per heavy atom. The number of halogens is 2. The Bertz CT molecular complexity index is 466. The molecule has 138 valence electrons. The topological polar surface area (TPSA) is 45.6 Å². The molecule has 1 atom stereocenters. The van der Waals surface area contributed by atoms with Crippen molar-refractivity contribution < 1.29 is 9.13 Å². The summed E-state index contributed by atoms with van der Waals surface area (Å²) in [6.45, 7) is 8.70. The lowest BCUT2D eigenvalue weighted by Gasteiger charge is -2.21. The maximum Gasteiger partial charge on any atom is 0.190 e. The second-order valence-electron chi connectivity index (χ2n) is 5.83. The van der Waals surface area contributed by atoms with Gasteiger partial charge in [0.2, 0.25) is 0 Å². The fraction of sp³-hybridized carbons (Fsp3) is 0.611. The number of ether oxygens (including phenoxy) is 1. The van der Waals surface area contributed by atoms with Gasteiger partial charge in [-0.3, -0.25) is 4.99 Å². The lowest BCUT2D eigenvalue weighted by atomic mass is 10.0. The minimum absolute atomic E-state index is 0. The quantitative estimate of drug-likeness (QED) is 0.343. The van der Waals surface area contributed by atoms with E-state index in [-0.39, 0.29) is 35.9 Å². The van der Waals surface area contributed by atoms with Gasteiger partial charge in [-0.15, -0.1) is 24.0 Å². The molecule has 1 aromatic rings. The summed E-state index contributed by atoms with van der Waals surface area (Å²) in [6.07, 6.45) is 2.04. The highest BCUT2D eigenvalue weighted by molar-refractivity contribution is 14.0. The summed E-state index contributed by atoms with van der Waals surface area (Å²) in [6, 6.07) is 6.59. The van der Waals surface area contributed by atoms with E-state index in [0.717, 1.165) is 44.1 Å². The molecule has 1 unspecified atom stereocenters. The Morgan fingerprint density at radius 2 is 1.79 bits per heavy atom. The summed E-state index contributed by atoms with van der Waals surface area (Å²) in [7, 11) is 1.76. The first-order valence-electron chi connectivity index (χ1n) is 8.37. The summed E-state index contributed by atoms with van der Waals surface area (Å²) >= 11 is 0. The molecule has 0 aromatic heterocycles. The predicted molar refractivity (Wildman–Crippen MR) is 110 cm³/mol. The molecule has 1 aromatic carbocycles. The largest absolute Gasteiger partial charge is 0.378 e. The van der Waals surface area contributed by atoms with E-state index >= 15 is 0 Å². The third-order valence-corrected chi connectivity index (χ3v) is 3.69. The molecule has 0 heterocycles. The van der Waals surface area contributed by atoms with Crippen molar-refractivity contribution >= 4 is 29.9 Å². The highest BCUT2D eigenvalue weighted by Gasteiger charge is 2.12. The van der Waals surface area contributed by atoms with Gasteiger partial charge in [0.05, 0.1) is 6.10 Å². The van der Waals surface area contributed by atoms with Crippen molar-refractivity contribution in [1.29, 1.82) is 0 Å². The zero-order valence-electron chi connectivity index (χ0n) is 15.1. The van der Waals surface area contributed by atoms with Crippen LogP contribution in [0.15, 0.2) is 29.3 Å². The van der Waals surface area contributed by atoms with E-state index in [2.05, 4.69) is 29.5 Å². The summed E-state index contributed by atoms with van der Waals surface area (Å²) in [4.78, 5) is 4.21. The maximum atomic E-state index is 12.9. The smallest absolute Gasteiger partial charge is 0.190 e. The molecular formula is C18H31FIN3O. The fourth-order valence-corrected chi connectivity index (χ4v) is 2.35. The molecule has 24 heavy (non-hydrogen) atoms. The first-order valence-corrected chi connectivity index (χ1v) is 8.37. The average Bonchev–Trinajstić information content (AvgIpc) is 2.54. The SMILES string of the molecule is CCOC(CCNC(=NC)NCCc1ccc(F)cc1)C(C)C.I. The van der Waals surface area contributed by atoms with Crippen LogP contribution < -0.4 is 10.6 Å². The molecule has 4 nitrogen and oxygen atoms in total. The van der Waals surface area contributed by atoms with Gasteiger partial charge in [0, 0.05) is 26.7 Å². The monoisotopic (exact) mass is 451 g/mol. The Morgan fingerprint density at radius 1 is 1.17 bits per heavy atom. The van der Waals surface area contributed by atoms with Crippen molar-refractivity contribution in [2.24, 2.45) is 10.9 Å². The van der Waals surface area contributed by atoms with Crippen molar-refractivity contribution in [3.63, 3.8) is 0 Å². The number of hydrogen-bond donors (Lipinski definition) is 2. The Labute approximate surface area is 162 Å². The van der Waals surface area contributed by atoms with Crippen molar-refractivity contribution in [3.8, 4) is 0 Å². The Balaban J connectivity index is 0.00000529. The van der Waals surface area contributed by atoms with Gasteiger partial charge in [0.25, 0.3) is 0 Å². The second-order valence-corrected chi connectivity index (χ2v) is 5.83. The number of nitrogens with one attached hydrogen (secondary N) is 2. The van der Waals surface area contributed by atoms with Crippen LogP contribution in [0.2, 0.25) is 0 Å². The highest BCUT2D eigenvalue weighted by atomic mass is 127. The standard InChI is InChI=1S/C18H30FN3O.HI/c1-5-23-17(14(2)3)11-13-22-18(20-4)21-12-10-15-6-8-16(19)9-7-15;/h6-9,14,17H,5,10-13H2,1-4H3,(H2,20,21,22);1H. The lowest BCUT2D eigenvalue weighted by Crippen LogP contribution is -2.40. The van der Waals surface area contributed by atoms with E-state index in [9.17, 15) is 4.39 Å². The van der Waals surface area contributed by atoms with Gasteiger partial charge in [-0.1, -0.05) is 26.0 Å². The van der Waals surface area contributed by atoms with Crippen LogP contribution in [0.3, 0.4) is 0 Å². The summed E-state index contributed by atoms with van der Waals surface area (Å²) in [5.74, 6) is 1.09. The number of guanidine groups is 1. The molecular weight excluding hydrogens is 420 g/mol. The van der Waals surface area contributed by atoms with Crippen LogP contribution in [0.1, 0.15) is 32.8 Å². The van der Waals surface area contributed by atoms with Gasteiger partial charge < -0.3 is 15.4 Å². The molecule has 1 rings (SSSR count). The van der Waals surface area contributed by atoms with Gasteiger partial charge in [-0.2, -0.15) is 0 Å². The first-order chi connectivity index (χ1) is 11.1. The Hall–Kier alpha value is -0.890. The van der Waals surface area contributed by atoms with E-state index in [1.807, 2.05) is 19.1 Å². The number of hydrogen-bond acceptors (Lipinski definition) is 2. The fourth-order valence-electron chi connectivity index (χ4n) is 2.35. The van der Waals surface area contributed by atoms with E-state index in [1.54, 1.807) is 7.05 Å². The van der Waals surface area contributed by atoms with E-state index in [0.29, 0.717) is 5.92 Å². The molecule has 0 aliphatic rings. The van der Waals surface area contributed by atoms with E-state index in [4.69, 9.17) is 4.74 Å². The maximum absolute atomic E-state index is 12.9. The first kappa shape index (κ1) is 23.1. The van der Waals surface area contributed by atoms with Crippen LogP contribution >= 0.6 is 24.0 Å². The van der Waals surface area contributed by atoms with Gasteiger partial charge in [-0.25, -0.2) is 4.39 Å². The zero-order valence-corrected chi connectivity index (χ0v) is 17.5. The predicted octanol–water partition coefficient (Wildman–Crippen LogP) is 3.60. The normalized spacial score (nSPS) is 12.7. The summed E-state index contributed by atoms with van der Waals surface area (Å²) < 4.78 is 18.6. The molecule has 0 radical (unpaired) electrons. The molecule has 0 amide bonds. The molecule has 6 heteroatoms. The minimum atomic E-state index is -0.201. The van der Waals surface area contributed by atoms with Crippen molar-refractivity contribution in [1.82, 2.24) is 10.6 Å². The third-order valence-electron chi connectivity index (χ3n) is 3.69.